The first kappa shape index (κ1) is 37.3. The lowest BCUT2D eigenvalue weighted by molar-refractivity contribution is -0.467. The molecule has 3 aromatic rings. The molecular weight excluding hydrogens is 714 g/mol. The Balaban J connectivity index is 0.768. The zero-order valence-electron chi connectivity index (χ0n) is 32.2. The molecule has 2 unspecified atom stereocenters. The van der Waals surface area contributed by atoms with E-state index in [1.165, 1.54) is 24.8 Å². The molecule has 0 spiro atoms. The molecule has 12 nitrogen and oxygen atoms in total. The number of carbonyl (C=O) groups is 2. The summed E-state index contributed by atoms with van der Waals surface area (Å²) in [5, 5.41) is 1.76. The van der Waals surface area contributed by atoms with Crippen molar-refractivity contribution in [1.82, 2.24) is 29.7 Å². The van der Waals surface area contributed by atoms with Crippen LogP contribution in [0.25, 0.3) is 11.0 Å². The lowest BCUT2D eigenvalue weighted by atomic mass is 9.46. The molecule has 7 aliphatic rings. The van der Waals surface area contributed by atoms with Crippen LogP contribution >= 0.6 is 11.6 Å². The SMILES string of the molecule is N[C@@H](C(=O)N1CCC(OC2CCN(CCC3(c4ccc(Cl)cc4)C4CC3N4C(=O)C3([NH3+])CCN(c4ncnc5[nH]ccc45)CC3)CC2)CC1)C1CCCCC1. The van der Waals surface area contributed by atoms with E-state index in [2.05, 4.69) is 47.5 Å². The van der Waals surface area contributed by atoms with Crippen LogP contribution in [0.4, 0.5) is 5.82 Å². The number of quaternary nitrogens is 1. The predicted octanol–water partition coefficient (Wildman–Crippen LogP) is 3.88. The molecule has 2 aliphatic carbocycles. The van der Waals surface area contributed by atoms with Crippen molar-refractivity contribution in [2.24, 2.45) is 11.7 Å². The van der Waals surface area contributed by atoms with E-state index >= 15 is 0 Å². The maximum absolute atomic E-state index is 14.3. The van der Waals surface area contributed by atoms with Gasteiger partial charge in [-0.25, -0.2) is 9.97 Å². The number of nitrogens with zero attached hydrogens (tertiary/aromatic N) is 6. The second-order valence-electron chi connectivity index (χ2n) is 17.6. The van der Waals surface area contributed by atoms with Gasteiger partial charge in [-0.2, -0.15) is 0 Å². The molecule has 2 aromatic heterocycles. The maximum Gasteiger partial charge on any atom is 0.284 e. The first-order valence-corrected chi connectivity index (χ1v) is 21.5. The summed E-state index contributed by atoms with van der Waals surface area (Å²) in [4.78, 5) is 48.7. The number of amides is 2. The minimum absolute atomic E-state index is 0.0452. The Kier molecular flexibility index (Phi) is 10.3. The number of likely N-dealkylation sites (tertiary alicyclic amines) is 2. The normalized spacial score (nSPS) is 28.5. The number of nitrogens with two attached hydrogens (primary N) is 1. The van der Waals surface area contributed by atoms with E-state index in [9.17, 15) is 9.59 Å². The number of piperidine rings is 3. The van der Waals surface area contributed by atoms with Crippen LogP contribution in [0.2, 0.25) is 5.02 Å². The summed E-state index contributed by atoms with van der Waals surface area (Å²) >= 11 is 6.37. The number of nitrogens with one attached hydrogen (secondary N) is 1. The Bertz CT molecular complexity index is 1810. The zero-order valence-corrected chi connectivity index (χ0v) is 33.0. The Morgan fingerprint density at radius 1 is 0.909 bits per heavy atom. The van der Waals surface area contributed by atoms with Crippen molar-refractivity contribution in [3.05, 3.63) is 53.4 Å². The predicted molar refractivity (Wildman–Crippen MR) is 212 cm³/mol. The van der Waals surface area contributed by atoms with Crippen LogP contribution in [0.5, 0.6) is 0 Å². The van der Waals surface area contributed by atoms with Gasteiger partial charge in [-0.05, 0) is 87.6 Å². The topological polar surface area (TPSA) is 152 Å². The van der Waals surface area contributed by atoms with Gasteiger partial charge < -0.3 is 40.8 Å². The standard InChI is InChI=1S/C42H58ClN9O3/c43-30-8-6-29(7-9-30)42(34-26-35(42)52(34)40(54)41(45)15-24-50(25-16-41)38-33-10-18-46-37(33)47-27-48-38)17-23-49-19-11-31(12-20-49)55-32-13-21-51(22-14-32)39(53)36(44)28-4-2-1-3-5-28/h6-10,18,27-28,31-32,34-36H,1-5,11-17,19-26,44-45H2,(H,46,47,48)/p+1/t34?,35?,36-,42?/m1/s1. The summed E-state index contributed by atoms with van der Waals surface area (Å²) in [5.41, 5.74) is 12.5. The molecular formula is C42H59ClN9O3+. The molecule has 296 valence electrons. The van der Waals surface area contributed by atoms with Crippen LogP contribution in [0.15, 0.2) is 42.9 Å². The quantitative estimate of drug-likeness (QED) is 0.281. The van der Waals surface area contributed by atoms with Gasteiger partial charge in [0.05, 0.1) is 23.6 Å². The molecule has 10 rings (SSSR count). The molecule has 3 atom stereocenters. The molecule has 0 radical (unpaired) electrons. The van der Waals surface area contributed by atoms with Crippen molar-refractivity contribution in [2.45, 2.75) is 125 Å². The van der Waals surface area contributed by atoms with Crippen LogP contribution in [0.1, 0.15) is 89.0 Å². The fourth-order valence-corrected chi connectivity index (χ4v) is 11.2. The van der Waals surface area contributed by atoms with E-state index in [1.54, 1.807) is 6.33 Å². The third-order valence-corrected chi connectivity index (χ3v) is 14.9. The first-order valence-electron chi connectivity index (χ1n) is 21.1. The Morgan fingerprint density at radius 2 is 1.58 bits per heavy atom. The van der Waals surface area contributed by atoms with Crippen molar-refractivity contribution >= 4 is 40.3 Å². The fourth-order valence-electron chi connectivity index (χ4n) is 11.1. The molecule has 7 fully saturated rings. The van der Waals surface area contributed by atoms with Crippen molar-refractivity contribution < 1.29 is 20.1 Å². The minimum Gasteiger partial charge on any atom is -0.375 e. The number of benzene rings is 1. The van der Waals surface area contributed by atoms with Crippen LogP contribution in [0, 0.1) is 5.92 Å². The van der Waals surface area contributed by atoms with Crippen LogP contribution in [0.3, 0.4) is 0 Å². The molecule has 2 saturated carbocycles. The highest BCUT2D eigenvalue weighted by Gasteiger charge is 2.73. The van der Waals surface area contributed by atoms with Gasteiger partial charge in [-0.1, -0.05) is 43.0 Å². The number of rotatable bonds is 10. The van der Waals surface area contributed by atoms with Crippen molar-refractivity contribution in [1.29, 1.82) is 0 Å². The van der Waals surface area contributed by atoms with Crippen molar-refractivity contribution in [3.8, 4) is 0 Å². The van der Waals surface area contributed by atoms with Gasteiger partial charge in [-0.15, -0.1) is 0 Å². The number of carbonyl (C=O) groups excluding carboxylic acids is 2. The lowest BCUT2D eigenvalue weighted by Gasteiger charge is -2.75. The number of hydrogen-bond donors (Lipinski definition) is 3. The maximum atomic E-state index is 14.3. The summed E-state index contributed by atoms with van der Waals surface area (Å²) in [5.74, 6) is 1.64. The summed E-state index contributed by atoms with van der Waals surface area (Å²) in [7, 11) is 0. The van der Waals surface area contributed by atoms with Gasteiger partial charge in [-0.3, -0.25) is 9.59 Å². The Morgan fingerprint density at radius 3 is 2.25 bits per heavy atom. The summed E-state index contributed by atoms with van der Waals surface area (Å²) in [6, 6.07) is 10.5. The summed E-state index contributed by atoms with van der Waals surface area (Å²) in [6.07, 6.45) is 17.2. The smallest absolute Gasteiger partial charge is 0.284 e. The third-order valence-electron chi connectivity index (χ3n) is 14.7. The number of hydrogen-bond acceptors (Lipinski definition) is 8. The minimum atomic E-state index is -0.625. The van der Waals surface area contributed by atoms with Gasteiger partial charge in [0.2, 0.25) is 5.91 Å². The Hall–Kier alpha value is -3.29. The highest BCUT2D eigenvalue weighted by Crippen LogP contribution is 2.62. The summed E-state index contributed by atoms with van der Waals surface area (Å²) < 4.78 is 6.65. The van der Waals surface area contributed by atoms with Gasteiger partial charge >= 0.3 is 0 Å². The van der Waals surface area contributed by atoms with Gasteiger partial charge in [0.1, 0.15) is 17.8 Å². The van der Waals surface area contributed by atoms with Gasteiger partial charge in [0.25, 0.3) is 5.91 Å². The second-order valence-corrected chi connectivity index (χ2v) is 18.0. The number of aromatic amines is 1. The second kappa shape index (κ2) is 15.2. The largest absolute Gasteiger partial charge is 0.375 e. The monoisotopic (exact) mass is 772 g/mol. The molecule has 2 amide bonds. The van der Waals surface area contributed by atoms with E-state index in [-0.39, 0.29) is 47.6 Å². The van der Waals surface area contributed by atoms with E-state index < -0.39 is 5.54 Å². The average molecular weight is 773 g/mol. The van der Waals surface area contributed by atoms with Crippen LogP contribution in [-0.4, -0.2) is 123 Å². The molecule has 1 aromatic carbocycles. The average Bonchev–Trinajstić information content (AvgIpc) is 3.69. The molecule has 5 aliphatic heterocycles. The number of ether oxygens (including phenoxy) is 1. The van der Waals surface area contributed by atoms with Gasteiger partial charge in [0, 0.05) is 80.8 Å². The molecule has 6 N–H and O–H groups in total. The van der Waals surface area contributed by atoms with Crippen LogP contribution < -0.4 is 16.4 Å². The van der Waals surface area contributed by atoms with E-state index in [0.29, 0.717) is 18.8 Å². The number of H-pyrrole nitrogens is 1. The lowest BCUT2D eigenvalue weighted by Crippen LogP contribution is -2.92. The first-order chi connectivity index (χ1) is 26.7. The highest BCUT2D eigenvalue weighted by molar-refractivity contribution is 6.30. The van der Waals surface area contributed by atoms with E-state index in [4.69, 9.17) is 22.1 Å². The molecule has 7 heterocycles. The van der Waals surface area contributed by atoms with E-state index in [1.807, 2.05) is 29.3 Å². The van der Waals surface area contributed by atoms with Gasteiger partial charge in [0.15, 0.2) is 5.54 Å². The zero-order chi connectivity index (χ0) is 37.7. The number of aromatic nitrogens is 3. The van der Waals surface area contributed by atoms with E-state index in [0.717, 1.165) is 119 Å². The fraction of sp³-hybridized carbons (Fsp3) is 0.667. The van der Waals surface area contributed by atoms with Crippen molar-refractivity contribution in [2.75, 3.05) is 50.7 Å². The Labute approximate surface area is 329 Å². The molecule has 13 heteroatoms. The molecule has 2 bridgehead atoms. The highest BCUT2D eigenvalue weighted by atomic mass is 35.5. The molecule has 55 heavy (non-hydrogen) atoms. The number of halogens is 1. The molecule has 5 saturated heterocycles. The number of fused-ring (bicyclic) bond motifs is 1. The third kappa shape index (κ3) is 6.83. The van der Waals surface area contributed by atoms with Crippen molar-refractivity contribution in [3.63, 3.8) is 0 Å². The summed E-state index contributed by atoms with van der Waals surface area (Å²) in [6.45, 7) is 6.04. The van der Waals surface area contributed by atoms with Crippen LogP contribution in [-0.2, 0) is 19.7 Å². The number of anilines is 1.